The highest BCUT2D eigenvalue weighted by molar-refractivity contribution is 7.99. The van der Waals surface area contributed by atoms with Gasteiger partial charge in [0.25, 0.3) is 0 Å². The van der Waals surface area contributed by atoms with Crippen LogP contribution in [-0.2, 0) is 7.05 Å². The average molecular weight is 240 g/mol. The average Bonchev–Trinajstić information content (AvgIpc) is 2.64. The van der Waals surface area contributed by atoms with Gasteiger partial charge in [-0.1, -0.05) is 0 Å². The third kappa shape index (κ3) is 2.26. The van der Waals surface area contributed by atoms with Crippen molar-refractivity contribution < 1.29 is 0 Å². The molecule has 2 N–H and O–H groups in total. The minimum atomic E-state index is 0.342. The largest absolute Gasteiger partial charge is 0.329 e. The monoisotopic (exact) mass is 240 g/mol. The molecule has 0 radical (unpaired) electrons. The van der Waals surface area contributed by atoms with Crippen LogP contribution in [0.4, 0.5) is 0 Å². The molecule has 0 bridgehead atoms. The van der Waals surface area contributed by atoms with Gasteiger partial charge in [-0.05, 0) is 6.92 Å². The summed E-state index contributed by atoms with van der Waals surface area (Å²) in [7, 11) is 1.98. The van der Waals surface area contributed by atoms with E-state index in [0.717, 1.165) is 13.1 Å². The van der Waals surface area contributed by atoms with Gasteiger partial charge in [-0.25, -0.2) is 0 Å². The Bertz CT molecular complexity index is 344. The number of thioether (sulfide) groups is 1. The summed E-state index contributed by atoms with van der Waals surface area (Å²) in [5.74, 6) is 2.44. The van der Waals surface area contributed by atoms with Gasteiger partial charge in [0.05, 0.1) is 12.2 Å². The molecule has 0 aliphatic carbocycles. The van der Waals surface area contributed by atoms with Crippen molar-refractivity contribution in [3.8, 4) is 0 Å². The fraction of sp³-hybridized carbons (Fsp3) is 0.727. The molecule has 0 saturated carbocycles. The van der Waals surface area contributed by atoms with E-state index in [0.29, 0.717) is 12.6 Å². The molecule has 0 spiro atoms. The zero-order valence-electron chi connectivity index (χ0n) is 10.0. The first-order valence-electron chi connectivity index (χ1n) is 5.74. The van der Waals surface area contributed by atoms with Crippen LogP contribution in [0.3, 0.4) is 0 Å². The molecule has 1 fully saturated rings. The number of aromatic nitrogens is 2. The van der Waals surface area contributed by atoms with Crippen LogP contribution < -0.4 is 5.73 Å². The predicted octanol–water partition coefficient (Wildman–Crippen LogP) is 0.777. The molecule has 5 heteroatoms. The summed E-state index contributed by atoms with van der Waals surface area (Å²) in [6.07, 6.45) is 1.97. The molecule has 2 rings (SSSR count). The molecule has 0 aromatic carbocycles. The SMILES string of the molecule is Cc1c(C(CN)N2CCSCC2)cnn1C. The van der Waals surface area contributed by atoms with E-state index >= 15 is 0 Å². The molecule has 1 atom stereocenters. The minimum Gasteiger partial charge on any atom is -0.329 e. The summed E-state index contributed by atoms with van der Waals surface area (Å²) in [4.78, 5) is 2.49. The van der Waals surface area contributed by atoms with Crippen LogP contribution in [0.5, 0.6) is 0 Å². The normalized spacial score (nSPS) is 19.9. The Morgan fingerprint density at radius 2 is 2.19 bits per heavy atom. The van der Waals surface area contributed by atoms with E-state index in [1.165, 1.54) is 22.8 Å². The third-order valence-corrected chi connectivity index (χ3v) is 4.28. The molecule has 1 aromatic heterocycles. The summed E-state index contributed by atoms with van der Waals surface area (Å²) in [5.41, 5.74) is 8.45. The van der Waals surface area contributed by atoms with Gasteiger partial charge in [-0.2, -0.15) is 16.9 Å². The standard InChI is InChI=1S/C11H20N4S/c1-9-10(8-13-14(9)2)11(7-12)15-3-5-16-6-4-15/h8,11H,3-7,12H2,1-2H3. The fourth-order valence-electron chi connectivity index (χ4n) is 2.20. The molecule has 2 heterocycles. The fourth-order valence-corrected chi connectivity index (χ4v) is 3.14. The number of nitrogens with two attached hydrogens (primary N) is 1. The predicted molar refractivity (Wildman–Crippen MR) is 68.6 cm³/mol. The van der Waals surface area contributed by atoms with Gasteiger partial charge in [0.1, 0.15) is 0 Å². The van der Waals surface area contributed by atoms with Crippen molar-refractivity contribution in [1.29, 1.82) is 0 Å². The zero-order valence-corrected chi connectivity index (χ0v) is 10.8. The third-order valence-electron chi connectivity index (χ3n) is 3.34. The lowest BCUT2D eigenvalue weighted by atomic mass is 10.1. The second-order valence-corrected chi connectivity index (χ2v) is 5.43. The quantitative estimate of drug-likeness (QED) is 0.848. The van der Waals surface area contributed by atoms with Crippen LogP contribution in [0.15, 0.2) is 6.20 Å². The first-order valence-corrected chi connectivity index (χ1v) is 6.90. The molecule has 1 aliphatic heterocycles. The maximum atomic E-state index is 5.93. The van der Waals surface area contributed by atoms with Crippen LogP contribution in [-0.4, -0.2) is 45.8 Å². The number of hydrogen-bond donors (Lipinski definition) is 1. The first kappa shape index (κ1) is 12.0. The van der Waals surface area contributed by atoms with Crippen molar-refractivity contribution in [2.45, 2.75) is 13.0 Å². The Balaban J connectivity index is 2.18. The van der Waals surface area contributed by atoms with E-state index in [2.05, 4.69) is 16.9 Å². The first-order chi connectivity index (χ1) is 7.74. The smallest absolute Gasteiger partial charge is 0.0540 e. The van der Waals surface area contributed by atoms with Crippen LogP contribution in [0.2, 0.25) is 0 Å². The lowest BCUT2D eigenvalue weighted by molar-refractivity contribution is 0.222. The zero-order chi connectivity index (χ0) is 11.5. The molecule has 1 aliphatic rings. The highest BCUT2D eigenvalue weighted by Crippen LogP contribution is 2.25. The van der Waals surface area contributed by atoms with Gasteiger partial charge in [0.15, 0.2) is 0 Å². The highest BCUT2D eigenvalue weighted by atomic mass is 32.2. The van der Waals surface area contributed by atoms with Crippen molar-refractivity contribution in [2.24, 2.45) is 12.8 Å². The molecule has 90 valence electrons. The Kier molecular flexibility index (Phi) is 3.89. The van der Waals surface area contributed by atoms with E-state index in [1.807, 2.05) is 29.7 Å². The Labute approximate surface area is 101 Å². The van der Waals surface area contributed by atoms with E-state index in [9.17, 15) is 0 Å². The molecule has 16 heavy (non-hydrogen) atoms. The molecule has 1 unspecified atom stereocenters. The van der Waals surface area contributed by atoms with Gasteiger partial charge in [0.2, 0.25) is 0 Å². The van der Waals surface area contributed by atoms with Crippen molar-refractivity contribution in [3.63, 3.8) is 0 Å². The van der Waals surface area contributed by atoms with Crippen molar-refractivity contribution >= 4 is 11.8 Å². The van der Waals surface area contributed by atoms with E-state index in [-0.39, 0.29) is 0 Å². The minimum absolute atomic E-state index is 0.342. The summed E-state index contributed by atoms with van der Waals surface area (Å²) in [5, 5.41) is 4.31. The second-order valence-electron chi connectivity index (χ2n) is 4.21. The van der Waals surface area contributed by atoms with E-state index in [4.69, 9.17) is 5.73 Å². The summed E-state index contributed by atoms with van der Waals surface area (Å²) < 4.78 is 1.93. The summed E-state index contributed by atoms with van der Waals surface area (Å²) in [6, 6.07) is 0.342. The van der Waals surface area contributed by atoms with Crippen molar-refractivity contribution in [2.75, 3.05) is 31.1 Å². The summed E-state index contributed by atoms with van der Waals surface area (Å²) in [6.45, 7) is 5.07. The summed E-state index contributed by atoms with van der Waals surface area (Å²) >= 11 is 2.03. The highest BCUT2D eigenvalue weighted by Gasteiger charge is 2.23. The lowest BCUT2D eigenvalue weighted by Crippen LogP contribution is -2.39. The number of aryl methyl sites for hydroxylation is 1. The van der Waals surface area contributed by atoms with E-state index in [1.54, 1.807) is 0 Å². The van der Waals surface area contributed by atoms with Crippen molar-refractivity contribution in [3.05, 3.63) is 17.5 Å². The van der Waals surface area contributed by atoms with Gasteiger partial charge < -0.3 is 5.73 Å². The van der Waals surface area contributed by atoms with Gasteiger partial charge in [-0.15, -0.1) is 0 Å². The van der Waals surface area contributed by atoms with Gasteiger partial charge in [0, 0.05) is 49.4 Å². The molecule has 1 saturated heterocycles. The Morgan fingerprint density at radius 1 is 1.50 bits per heavy atom. The number of nitrogens with zero attached hydrogens (tertiary/aromatic N) is 3. The number of rotatable bonds is 3. The van der Waals surface area contributed by atoms with Crippen molar-refractivity contribution in [1.82, 2.24) is 14.7 Å². The lowest BCUT2D eigenvalue weighted by Gasteiger charge is -2.33. The maximum absolute atomic E-state index is 5.93. The molecule has 4 nitrogen and oxygen atoms in total. The Morgan fingerprint density at radius 3 is 2.69 bits per heavy atom. The number of hydrogen-bond acceptors (Lipinski definition) is 4. The van der Waals surface area contributed by atoms with Crippen LogP contribution in [0.1, 0.15) is 17.3 Å². The van der Waals surface area contributed by atoms with Gasteiger partial charge >= 0.3 is 0 Å². The molecular formula is C11H20N4S. The topological polar surface area (TPSA) is 47.1 Å². The second kappa shape index (κ2) is 5.21. The molecule has 1 aromatic rings. The Hall–Kier alpha value is -0.520. The van der Waals surface area contributed by atoms with Crippen LogP contribution in [0.25, 0.3) is 0 Å². The maximum Gasteiger partial charge on any atom is 0.0540 e. The van der Waals surface area contributed by atoms with E-state index < -0.39 is 0 Å². The molecule has 0 amide bonds. The van der Waals surface area contributed by atoms with Crippen LogP contribution in [0, 0.1) is 6.92 Å². The molecular weight excluding hydrogens is 220 g/mol. The van der Waals surface area contributed by atoms with Gasteiger partial charge in [-0.3, -0.25) is 9.58 Å². The van der Waals surface area contributed by atoms with Crippen LogP contribution >= 0.6 is 11.8 Å².